The molecule has 0 fully saturated rings. The highest BCUT2D eigenvalue weighted by atomic mass is 16.5. The lowest BCUT2D eigenvalue weighted by molar-refractivity contribution is 0.0994. The third kappa shape index (κ3) is 2.72. The number of primary amides is 1. The Kier molecular flexibility index (Phi) is 3.22. The molecule has 1 amide bonds. The van der Waals surface area contributed by atoms with Crippen molar-refractivity contribution in [2.24, 2.45) is 5.73 Å². The van der Waals surface area contributed by atoms with Crippen molar-refractivity contribution >= 4 is 5.91 Å². The average Bonchev–Trinajstić information content (AvgIpc) is 2.15. The fraction of sp³-hybridized carbons (Fsp3) is 0.250. The highest BCUT2D eigenvalue weighted by Crippen LogP contribution is 2.06. The first-order valence-electron chi connectivity index (χ1n) is 3.74. The normalized spacial score (nSPS) is 9.62. The van der Waals surface area contributed by atoms with E-state index in [2.05, 4.69) is 4.98 Å². The summed E-state index contributed by atoms with van der Waals surface area (Å²) in [5.41, 5.74) is 5.15. The number of hydrogen-bond acceptors (Lipinski definition) is 4. The van der Waals surface area contributed by atoms with Gasteiger partial charge in [-0.15, -0.1) is 0 Å². The lowest BCUT2D eigenvalue weighted by Gasteiger charge is -2.02. The summed E-state index contributed by atoms with van der Waals surface area (Å²) < 4.78 is 4.98. The van der Waals surface area contributed by atoms with E-state index in [0.29, 0.717) is 0 Å². The lowest BCUT2D eigenvalue weighted by Crippen LogP contribution is -2.13. The van der Waals surface area contributed by atoms with Gasteiger partial charge in [-0.1, -0.05) is 6.07 Å². The smallest absolute Gasteiger partial charge is 0.267 e. The maximum atomic E-state index is 10.7. The third-order valence-corrected chi connectivity index (χ3v) is 1.32. The van der Waals surface area contributed by atoms with Gasteiger partial charge >= 0.3 is 0 Å². The van der Waals surface area contributed by atoms with Gasteiger partial charge < -0.3 is 15.6 Å². The largest absolute Gasteiger partial charge is 0.475 e. The highest BCUT2D eigenvalue weighted by molar-refractivity contribution is 5.90. The van der Waals surface area contributed by atoms with Crippen molar-refractivity contribution in [2.45, 2.75) is 0 Å². The third-order valence-electron chi connectivity index (χ3n) is 1.32. The Morgan fingerprint density at radius 1 is 1.62 bits per heavy atom. The van der Waals surface area contributed by atoms with Crippen molar-refractivity contribution in [1.29, 1.82) is 0 Å². The van der Waals surface area contributed by atoms with E-state index in [1.807, 2.05) is 0 Å². The molecular weight excluding hydrogens is 172 g/mol. The number of hydrogen-bond donors (Lipinski definition) is 2. The second-order valence-corrected chi connectivity index (χ2v) is 2.30. The number of amides is 1. The van der Waals surface area contributed by atoms with Crippen LogP contribution >= 0.6 is 0 Å². The molecule has 0 aliphatic rings. The minimum Gasteiger partial charge on any atom is -0.475 e. The molecule has 0 atom stereocenters. The molecule has 13 heavy (non-hydrogen) atoms. The number of carbonyl (C=O) groups excluding carboxylic acids is 1. The van der Waals surface area contributed by atoms with Crippen LogP contribution in [-0.4, -0.2) is 29.2 Å². The molecule has 70 valence electrons. The van der Waals surface area contributed by atoms with Crippen molar-refractivity contribution in [1.82, 2.24) is 4.98 Å². The van der Waals surface area contributed by atoms with Gasteiger partial charge in [-0.25, -0.2) is 4.98 Å². The lowest BCUT2D eigenvalue weighted by atomic mass is 10.3. The van der Waals surface area contributed by atoms with Crippen LogP contribution in [0.4, 0.5) is 0 Å². The summed E-state index contributed by atoms with van der Waals surface area (Å²) in [5.74, 6) is -0.320. The molecular formula is C8H10N2O3. The van der Waals surface area contributed by atoms with E-state index in [9.17, 15) is 4.79 Å². The van der Waals surface area contributed by atoms with Gasteiger partial charge in [0, 0.05) is 6.07 Å². The van der Waals surface area contributed by atoms with Crippen LogP contribution in [0.5, 0.6) is 5.88 Å². The Labute approximate surface area is 75.2 Å². The van der Waals surface area contributed by atoms with Crippen molar-refractivity contribution in [3.05, 3.63) is 23.9 Å². The molecule has 0 aliphatic heterocycles. The van der Waals surface area contributed by atoms with E-state index in [1.165, 1.54) is 6.07 Å². The van der Waals surface area contributed by atoms with Crippen LogP contribution < -0.4 is 10.5 Å². The fourth-order valence-corrected chi connectivity index (χ4v) is 0.783. The van der Waals surface area contributed by atoms with E-state index in [1.54, 1.807) is 12.1 Å². The zero-order valence-electron chi connectivity index (χ0n) is 6.93. The molecule has 0 saturated carbocycles. The van der Waals surface area contributed by atoms with E-state index in [4.69, 9.17) is 15.6 Å². The van der Waals surface area contributed by atoms with Crippen molar-refractivity contribution < 1.29 is 14.6 Å². The highest BCUT2D eigenvalue weighted by Gasteiger charge is 2.02. The molecule has 3 N–H and O–H groups in total. The van der Waals surface area contributed by atoms with Crippen LogP contribution in [0.3, 0.4) is 0 Å². The van der Waals surface area contributed by atoms with Crippen LogP contribution in [0, 0.1) is 0 Å². The minimum absolute atomic E-state index is 0.0948. The topological polar surface area (TPSA) is 85.4 Å². The van der Waals surface area contributed by atoms with Gasteiger partial charge in [0.2, 0.25) is 5.88 Å². The van der Waals surface area contributed by atoms with Gasteiger partial charge in [-0.05, 0) is 6.07 Å². The van der Waals surface area contributed by atoms with Gasteiger partial charge in [0.05, 0.1) is 6.61 Å². The van der Waals surface area contributed by atoms with Crippen molar-refractivity contribution in [3.63, 3.8) is 0 Å². The number of aliphatic hydroxyl groups is 1. The molecule has 1 heterocycles. The summed E-state index contributed by atoms with van der Waals surface area (Å²) in [6.45, 7) is 0.0533. The second kappa shape index (κ2) is 4.42. The number of nitrogens with zero attached hydrogens (tertiary/aromatic N) is 1. The van der Waals surface area contributed by atoms with Crippen molar-refractivity contribution in [3.8, 4) is 5.88 Å². The standard InChI is InChI=1S/C8H10N2O3/c9-8(12)6-2-1-3-7(10-6)13-5-4-11/h1-3,11H,4-5H2,(H2,9,12). The molecule has 0 unspecified atom stereocenters. The molecule has 0 saturated heterocycles. The number of ether oxygens (including phenoxy) is 1. The number of pyridine rings is 1. The molecule has 1 rings (SSSR count). The van der Waals surface area contributed by atoms with Crippen LogP contribution in [0.25, 0.3) is 0 Å². The van der Waals surface area contributed by atoms with E-state index in [-0.39, 0.29) is 24.8 Å². The predicted octanol–water partition coefficient (Wildman–Crippen LogP) is -0.448. The molecule has 1 aromatic rings. The van der Waals surface area contributed by atoms with E-state index in [0.717, 1.165) is 0 Å². The first-order chi connectivity index (χ1) is 6.24. The molecule has 0 spiro atoms. The maximum absolute atomic E-state index is 10.7. The van der Waals surface area contributed by atoms with Gasteiger partial charge in [0.1, 0.15) is 12.3 Å². The summed E-state index contributed by atoms with van der Waals surface area (Å²) in [4.78, 5) is 14.5. The Morgan fingerprint density at radius 3 is 3.00 bits per heavy atom. The Morgan fingerprint density at radius 2 is 2.38 bits per heavy atom. The molecule has 0 radical (unpaired) electrons. The Hall–Kier alpha value is -1.62. The first kappa shape index (κ1) is 9.47. The molecule has 0 aromatic carbocycles. The van der Waals surface area contributed by atoms with Crippen LogP contribution in [-0.2, 0) is 0 Å². The van der Waals surface area contributed by atoms with E-state index < -0.39 is 5.91 Å². The molecule has 0 bridgehead atoms. The minimum atomic E-state index is -0.602. The maximum Gasteiger partial charge on any atom is 0.267 e. The number of carbonyl (C=O) groups is 1. The zero-order chi connectivity index (χ0) is 9.68. The van der Waals surface area contributed by atoms with Gasteiger partial charge in [0.15, 0.2) is 0 Å². The Balaban J connectivity index is 2.73. The summed E-state index contributed by atoms with van der Waals surface area (Å²) >= 11 is 0. The molecule has 5 heteroatoms. The molecule has 5 nitrogen and oxygen atoms in total. The van der Waals surface area contributed by atoms with E-state index >= 15 is 0 Å². The van der Waals surface area contributed by atoms with Crippen molar-refractivity contribution in [2.75, 3.05) is 13.2 Å². The summed E-state index contributed by atoms with van der Waals surface area (Å²) in [6.07, 6.45) is 0. The SMILES string of the molecule is NC(=O)c1cccc(OCCO)n1. The quantitative estimate of drug-likeness (QED) is 0.660. The summed E-state index contributed by atoms with van der Waals surface area (Å²) in [5, 5.41) is 8.46. The predicted molar refractivity (Wildman–Crippen MR) is 45.3 cm³/mol. The van der Waals surface area contributed by atoms with Crippen LogP contribution in [0.2, 0.25) is 0 Å². The van der Waals surface area contributed by atoms with Gasteiger partial charge in [0.25, 0.3) is 5.91 Å². The monoisotopic (exact) mass is 182 g/mol. The number of rotatable bonds is 4. The van der Waals surface area contributed by atoms with Crippen LogP contribution in [0.15, 0.2) is 18.2 Å². The first-order valence-corrected chi connectivity index (χ1v) is 3.74. The zero-order valence-corrected chi connectivity index (χ0v) is 6.93. The van der Waals surface area contributed by atoms with Gasteiger partial charge in [-0.2, -0.15) is 0 Å². The second-order valence-electron chi connectivity index (χ2n) is 2.30. The number of aromatic nitrogens is 1. The number of nitrogens with two attached hydrogens (primary N) is 1. The molecule has 0 aliphatic carbocycles. The average molecular weight is 182 g/mol. The number of aliphatic hydroxyl groups excluding tert-OH is 1. The molecule has 1 aromatic heterocycles. The fourth-order valence-electron chi connectivity index (χ4n) is 0.783. The van der Waals surface area contributed by atoms with Crippen LogP contribution in [0.1, 0.15) is 10.5 Å². The summed E-state index contributed by atoms with van der Waals surface area (Å²) in [7, 11) is 0. The van der Waals surface area contributed by atoms with Gasteiger partial charge in [-0.3, -0.25) is 4.79 Å². The Bertz CT molecular complexity index is 301. The summed E-state index contributed by atoms with van der Waals surface area (Å²) in [6, 6.07) is 4.69.